The van der Waals surface area contributed by atoms with Crippen LogP contribution in [0.4, 0.5) is 4.39 Å². The Kier molecular flexibility index (Phi) is 3.59. The minimum Gasteiger partial charge on any atom is -0.294 e. The number of halogens is 3. The summed E-state index contributed by atoms with van der Waals surface area (Å²) in [6.45, 7) is 0.119. The minimum atomic E-state index is -0.440. The second-order valence-corrected chi connectivity index (χ2v) is 4.70. The molecule has 0 aliphatic heterocycles. The molecule has 0 amide bonds. The molecule has 3 nitrogen and oxygen atoms in total. The van der Waals surface area contributed by atoms with Gasteiger partial charge in [-0.2, -0.15) is 0 Å². The highest BCUT2D eigenvalue weighted by Gasteiger charge is 2.06. The first-order chi connectivity index (χ1) is 8.08. The van der Waals surface area contributed by atoms with Crippen molar-refractivity contribution in [1.82, 2.24) is 9.55 Å². The van der Waals surface area contributed by atoms with Gasteiger partial charge in [0.25, 0.3) is 5.56 Å². The van der Waals surface area contributed by atoms with Gasteiger partial charge in [-0.3, -0.25) is 9.36 Å². The van der Waals surface area contributed by atoms with Crippen molar-refractivity contribution in [1.29, 1.82) is 0 Å². The summed E-state index contributed by atoms with van der Waals surface area (Å²) in [5, 5.41) is 0.325. The van der Waals surface area contributed by atoms with Gasteiger partial charge in [-0.1, -0.05) is 17.7 Å². The van der Waals surface area contributed by atoms with Gasteiger partial charge in [0.05, 0.1) is 12.9 Å². The van der Waals surface area contributed by atoms with Crippen LogP contribution >= 0.6 is 27.5 Å². The fourth-order valence-corrected chi connectivity index (χ4v) is 1.87. The monoisotopic (exact) mass is 316 g/mol. The molecule has 1 aromatic carbocycles. The van der Waals surface area contributed by atoms with Gasteiger partial charge in [0.15, 0.2) is 0 Å². The molecule has 0 saturated heterocycles. The third kappa shape index (κ3) is 2.73. The first kappa shape index (κ1) is 12.3. The number of hydrogen-bond acceptors (Lipinski definition) is 2. The van der Waals surface area contributed by atoms with E-state index in [4.69, 9.17) is 11.6 Å². The zero-order valence-electron chi connectivity index (χ0n) is 8.53. The van der Waals surface area contributed by atoms with E-state index >= 15 is 0 Å². The molecule has 0 bridgehead atoms. The van der Waals surface area contributed by atoms with Crippen LogP contribution in [0.5, 0.6) is 0 Å². The first-order valence-electron chi connectivity index (χ1n) is 4.72. The molecule has 88 valence electrons. The van der Waals surface area contributed by atoms with E-state index in [0.29, 0.717) is 15.1 Å². The van der Waals surface area contributed by atoms with Crippen LogP contribution in [0.25, 0.3) is 0 Å². The molecule has 0 fully saturated rings. The Bertz CT molecular complexity index is 615. The molecule has 0 aliphatic rings. The van der Waals surface area contributed by atoms with Crippen molar-refractivity contribution in [3.8, 4) is 0 Å². The van der Waals surface area contributed by atoms with Crippen molar-refractivity contribution >= 4 is 27.5 Å². The maximum Gasteiger partial charge on any atom is 0.267 e. The summed E-state index contributed by atoms with van der Waals surface area (Å²) in [4.78, 5) is 15.5. The largest absolute Gasteiger partial charge is 0.294 e. The normalized spacial score (nSPS) is 10.5. The summed E-state index contributed by atoms with van der Waals surface area (Å²) in [7, 11) is 0. The summed E-state index contributed by atoms with van der Waals surface area (Å²) < 4.78 is 15.2. The van der Waals surface area contributed by atoms with Gasteiger partial charge in [0.2, 0.25) is 0 Å². The van der Waals surface area contributed by atoms with Crippen molar-refractivity contribution < 1.29 is 4.39 Å². The van der Waals surface area contributed by atoms with E-state index in [9.17, 15) is 9.18 Å². The van der Waals surface area contributed by atoms with E-state index < -0.39 is 5.82 Å². The highest BCUT2D eigenvalue weighted by molar-refractivity contribution is 9.10. The highest BCUT2D eigenvalue weighted by atomic mass is 79.9. The fourth-order valence-electron chi connectivity index (χ4n) is 1.37. The standard InChI is InChI=1S/C11H7BrClFN2O/c12-9-4-15-6-16(11(9)17)5-7-1-2-8(13)3-10(7)14/h1-4,6H,5H2. The zero-order valence-corrected chi connectivity index (χ0v) is 10.9. The lowest BCUT2D eigenvalue weighted by Crippen LogP contribution is -2.21. The van der Waals surface area contributed by atoms with Crippen molar-refractivity contribution in [2.75, 3.05) is 0 Å². The molecule has 0 radical (unpaired) electrons. The topological polar surface area (TPSA) is 34.9 Å². The van der Waals surface area contributed by atoms with Crippen molar-refractivity contribution in [2.45, 2.75) is 6.54 Å². The second-order valence-electron chi connectivity index (χ2n) is 3.41. The fraction of sp³-hybridized carbons (Fsp3) is 0.0909. The van der Waals surface area contributed by atoms with E-state index in [1.165, 1.54) is 23.2 Å². The Hall–Kier alpha value is -1.20. The number of rotatable bonds is 2. The summed E-state index contributed by atoms with van der Waals surface area (Å²) >= 11 is 8.73. The van der Waals surface area contributed by atoms with Gasteiger partial charge in [0.1, 0.15) is 10.3 Å². The van der Waals surface area contributed by atoms with E-state index in [1.807, 2.05) is 0 Å². The summed E-state index contributed by atoms with van der Waals surface area (Å²) in [6.07, 6.45) is 2.76. The van der Waals surface area contributed by atoms with Crippen LogP contribution in [0.15, 0.2) is 40.0 Å². The molecule has 0 saturated carbocycles. The molecule has 2 aromatic rings. The molecule has 1 aromatic heterocycles. The Balaban J connectivity index is 2.38. The van der Waals surface area contributed by atoms with Crippen LogP contribution in [0.2, 0.25) is 5.02 Å². The van der Waals surface area contributed by atoms with Gasteiger partial charge in [0, 0.05) is 16.8 Å². The molecule has 0 N–H and O–H groups in total. The lowest BCUT2D eigenvalue weighted by Gasteiger charge is -2.06. The summed E-state index contributed by atoms with van der Waals surface area (Å²) in [5.74, 6) is -0.440. The maximum absolute atomic E-state index is 13.5. The van der Waals surface area contributed by atoms with Crippen LogP contribution in [0.1, 0.15) is 5.56 Å². The Morgan fingerprint density at radius 1 is 1.47 bits per heavy atom. The molecule has 2 rings (SSSR count). The quantitative estimate of drug-likeness (QED) is 0.853. The number of aromatic nitrogens is 2. The van der Waals surface area contributed by atoms with Gasteiger partial charge >= 0.3 is 0 Å². The average molecular weight is 318 g/mol. The first-order valence-corrected chi connectivity index (χ1v) is 5.89. The van der Waals surface area contributed by atoms with Crippen molar-refractivity contribution in [3.63, 3.8) is 0 Å². The average Bonchev–Trinajstić information content (AvgIpc) is 2.28. The van der Waals surface area contributed by atoms with E-state index in [-0.39, 0.29) is 12.1 Å². The van der Waals surface area contributed by atoms with Crippen LogP contribution in [0, 0.1) is 5.82 Å². The minimum absolute atomic E-state index is 0.119. The second kappa shape index (κ2) is 4.98. The Morgan fingerprint density at radius 2 is 2.24 bits per heavy atom. The van der Waals surface area contributed by atoms with Crippen LogP contribution in [-0.4, -0.2) is 9.55 Å². The maximum atomic E-state index is 13.5. The Labute approximate surface area is 110 Å². The van der Waals surface area contributed by atoms with Gasteiger partial charge in [-0.25, -0.2) is 9.37 Å². The third-order valence-corrected chi connectivity index (χ3v) is 2.99. The Morgan fingerprint density at radius 3 is 2.94 bits per heavy atom. The molecule has 0 unspecified atom stereocenters. The van der Waals surface area contributed by atoms with Gasteiger partial charge in [-0.05, 0) is 28.1 Å². The molecular formula is C11H7BrClFN2O. The van der Waals surface area contributed by atoms with Gasteiger partial charge < -0.3 is 0 Å². The number of nitrogens with zero attached hydrogens (tertiary/aromatic N) is 2. The number of benzene rings is 1. The molecule has 1 heterocycles. The van der Waals surface area contributed by atoms with Crippen molar-refractivity contribution in [3.05, 3.63) is 62.0 Å². The van der Waals surface area contributed by atoms with E-state index in [2.05, 4.69) is 20.9 Å². The lowest BCUT2D eigenvalue weighted by molar-refractivity contribution is 0.593. The van der Waals surface area contributed by atoms with Gasteiger partial charge in [-0.15, -0.1) is 0 Å². The summed E-state index contributed by atoms with van der Waals surface area (Å²) in [5.41, 5.74) is 0.130. The van der Waals surface area contributed by atoms with Crippen LogP contribution in [0.3, 0.4) is 0 Å². The predicted octanol–water partition coefficient (Wildman–Crippen LogP) is 2.85. The molecular weight excluding hydrogens is 310 g/mol. The molecule has 6 heteroatoms. The molecule has 0 atom stereocenters. The van der Waals surface area contributed by atoms with Crippen LogP contribution in [-0.2, 0) is 6.54 Å². The number of hydrogen-bond donors (Lipinski definition) is 0. The van der Waals surface area contributed by atoms with Crippen LogP contribution < -0.4 is 5.56 Å². The molecule has 17 heavy (non-hydrogen) atoms. The molecule has 0 aliphatic carbocycles. The van der Waals surface area contributed by atoms with Crippen molar-refractivity contribution in [2.24, 2.45) is 0 Å². The van der Waals surface area contributed by atoms with E-state index in [1.54, 1.807) is 12.1 Å². The SMILES string of the molecule is O=c1c(Br)cncn1Cc1ccc(Cl)cc1F. The smallest absolute Gasteiger partial charge is 0.267 e. The zero-order chi connectivity index (χ0) is 12.4. The summed E-state index contributed by atoms with van der Waals surface area (Å²) in [6, 6.07) is 4.34. The highest BCUT2D eigenvalue weighted by Crippen LogP contribution is 2.15. The molecule has 0 spiro atoms. The predicted molar refractivity (Wildman–Crippen MR) is 66.7 cm³/mol. The van der Waals surface area contributed by atoms with E-state index in [0.717, 1.165) is 0 Å². The third-order valence-electron chi connectivity index (χ3n) is 2.21. The lowest BCUT2D eigenvalue weighted by atomic mass is 10.2.